The summed E-state index contributed by atoms with van der Waals surface area (Å²) in [7, 11) is 3.13. The zero-order chi connectivity index (χ0) is 18.7. The number of ether oxygens (including phenoxy) is 2. The van der Waals surface area contributed by atoms with Crippen molar-refractivity contribution in [2.75, 3.05) is 20.8 Å². The van der Waals surface area contributed by atoms with E-state index in [9.17, 15) is 9.59 Å². The van der Waals surface area contributed by atoms with Crippen LogP contribution in [-0.2, 0) is 4.79 Å². The van der Waals surface area contributed by atoms with Gasteiger partial charge in [-0.15, -0.1) is 0 Å². The Kier molecular flexibility index (Phi) is 5.07. The first-order chi connectivity index (χ1) is 12.6. The highest BCUT2D eigenvalue weighted by Crippen LogP contribution is 2.42. The molecule has 0 fully saturated rings. The van der Waals surface area contributed by atoms with E-state index in [2.05, 4.69) is 5.32 Å². The molecule has 1 aliphatic rings. The van der Waals surface area contributed by atoms with Gasteiger partial charge in [-0.3, -0.25) is 9.59 Å². The van der Waals surface area contributed by atoms with Gasteiger partial charge in [0, 0.05) is 29.3 Å². The number of hydrogen-bond acceptors (Lipinski definition) is 4. The number of carbonyl (C=O) groups excluding carboxylic acids is 2. The molecule has 0 saturated carbocycles. The van der Waals surface area contributed by atoms with E-state index >= 15 is 0 Å². The number of rotatable bonds is 6. The molecule has 26 heavy (non-hydrogen) atoms. The lowest BCUT2D eigenvalue weighted by Gasteiger charge is -2.14. The molecule has 2 aromatic carbocycles. The third-order valence-corrected chi connectivity index (χ3v) is 4.36. The second kappa shape index (κ2) is 7.44. The van der Waals surface area contributed by atoms with Crippen molar-refractivity contribution in [3.8, 4) is 11.5 Å². The van der Waals surface area contributed by atoms with Gasteiger partial charge in [0.05, 0.1) is 19.8 Å². The summed E-state index contributed by atoms with van der Waals surface area (Å²) in [4.78, 5) is 25.7. The standard InChI is InChI=1S/C21H21NO4/c1-4-11-22-21(24)19-18(14-7-5-6-8-15(14)20(19)23)16-10-9-13(25-2)12-17(16)26-3/h5-10,12H,4,11H2,1-3H3,(H,22,24). The summed E-state index contributed by atoms with van der Waals surface area (Å²) in [6.07, 6.45) is 0.793. The number of ketones is 1. The highest BCUT2D eigenvalue weighted by molar-refractivity contribution is 6.36. The van der Waals surface area contributed by atoms with E-state index < -0.39 is 0 Å². The molecule has 1 amide bonds. The number of methoxy groups -OCH3 is 2. The zero-order valence-corrected chi connectivity index (χ0v) is 15.1. The largest absolute Gasteiger partial charge is 0.497 e. The van der Waals surface area contributed by atoms with Crippen molar-refractivity contribution in [3.63, 3.8) is 0 Å². The average Bonchev–Trinajstić information content (AvgIpc) is 2.98. The molecule has 2 aromatic rings. The van der Waals surface area contributed by atoms with Crippen LogP contribution in [0.25, 0.3) is 5.57 Å². The minimum atomic E-state index is -0.360. The van der Waals surface area contributed by atoms with Crippen molar-refractivity contribution in [1.29, 1.82) is 0 Å². The second-order valence-corrected chi connectivity index (χ2v) is 5.95. The van der Waals surface area contributed by atoms with Crippen molar-refractivity contribution in [2.24, 2.45) is 0 Å². The summed E-state index contributed by atoms with van der Waals surface area (Å²) >= 11 is 0. The SMILES string of the molecule is CCCNC(=O)C1=C(c2ccc(OC)cc2OC)c2ccccc2C1=O. The summed E-state index contributed by atoms with van der Waals surface area (Å²) < 4.78 is 10.8. The molecule has 0 spiro atoms. The molecule has 5 nitrogen and oxygen atoms in total. The van der Waals surface area contributed by atoms with E-state index in [-0.39, 0.29) is 17.3 Å². The van der Waals surface area contributed by atoms with Gasteiger partial charge >= 0.3 is 0 Å². The first-order valence-corrected chi connectivity index (χ1v) is 8.51. The third-order valence-electron chi connectivity index (χ3n) is 4.36. The van der Waals surface area contributed by atoms with Gasteiger partial charge in [0.1, 0.15) is 11.5 Å². The monoisotopic (exact) mass is 351 g/mol. The van der Waals surface area contributed by atoms with Crippen LogP contribution in [0.15, 0.2) is 48.0 Å². The Labute approximate surface area is 152 Å². The topological polar surface area (TPSA) is 64.6 Å². The van der Waals surface area contributed by atoms with E-state index in [0.717, 1.165) is 12.0 Å². The number of Topliss-reactive ketones (excluding diaryl/α,β-unsaturated/α-hetero) is 1. The Morgan fingerprint density at radius 2 is 1.73 bits per heavy atom. The van der Waals surface area contributed by atoms with Crippen molar-refractivity contribution in [3.05, 3.63) is 64.7 Å². The molecule has 0 bridgehead atoms. The number of fused-ring (bicyclic) bond motifs is 1. The number of hydrogen-bond donors (Lipinski definition) is 1. The van der Waals surface area contributed by atoms with Gasteiger partial charge in [0.2, 0.25) is 0 Å². The lowest BCUT2D eigenvalue weighted by molar-refractivity contribution is -0.117. The number of nitrogens with one attached hydrogen (secondary N) is 1. The van der Waals surface area contributed by atoms with E-state index in [1.165, 1.54) is 0 Å². The molecule has 0 unspecified atom stereocenters. The molecular formula is C21H21NO4. The molecule has 0 aromatic heterocycles. The van der Waals surface area contributed by atoms with Crippen LogP contribution in [-0.4, -0.2) is 32.5 Å². The molecule has 1 aliphatic carbocycles. The molecule has 0 heterocycles. The number of benzene rings is 2. The van der Waals surface area contributed by atoms with Gasteiger partial charge in [-0.25, -0.2) is 0 Å². The maximum absolute atomic E-state index is 12.9. The van der Waals surface area contributed by atoms with Crippen LogP contribution in [0.3, 0.4) is 0 Å². The minimum absolute atomic E-state index is 0.156. The van der Waals surface area contributed by atoms with Crippen molar-refractivity contribution >= 4 is 17.3 Å². The van der Waals surface area contributed by atoms with Crippen molar-refractivity contribution < 1.29 is 19.1 Å². The number of carbonyl (C=O) groups is 2. The van der Waals surface area contributed by atoms with Gasteiger partial charge in [-0.05, 0) is 24.1 Å². The summed E-state index contributed by atoms with van der Waals surface area (Å²) in [5.41, 5.74) is 2.71. The maximum Gasteiger partial charge on any atom is 0.255 e. The predicted molar refractivity (Wildman–Crippen MR) is 99.6 cm³/mol. The van der Waals surface area contributed by atoms with Crippen LogP contribution in [0.1, 0.15) is 34.8 Å². The average molecular weight is 351 g/mol. The van der Waals surface area contributed by atoms with Crippen LogP contribution in [0.5, 0.6) is 11.5 Å². The second-order valence-electron chi connectivity index (χ2n) is 5.95. The first-order valence-electron chi connectivity index (χ1n) is 8.51. The highest BCUT2D eigenvalue weighted by Gasteiger charge is 2.35. The van der Waals surface area contributed by atoms with Crippen LogP contribution in [0.2, 0.25) is 0 Å². The summed E-state index contributed by atoms with van der Waals surface area (Å²) in [6.45, 7) is 2.48. The van der Waals surface area contributed by atoms with Gasteiger partial charge in [-0.1, -0.05) is 31.2 Å². The molecule has 0 atom stereocenters. The summed E-state index contributed by atoms with van der Waals surface area (Å²) in [5.74, 6) is 0.563. The fourth-order valence-electron chi connectivity index (χ4n) is 3.11. The molecule has 134 valence electrons. The normalized spacial score (nSPS) is 12.8. The fraction of sp³-hybridized carbons (Fsp3) is 0.238. The molecular weight excluding hydrogens is 330 g/mol. The fourth-order valence-corrected chi connectivity index (χ4v) is 3.11. The Hall–Kier alpha value is -3.08. The lowest BCUT2D eigenvalue weighted by atomic mass is 9.96. The van der Waals surface area contributed by atoms with E-state index in [1.54, 1.807) is 38.5 Å². The quantitative estimate of drug-likeness (QED) is 0.812. The van der Waals surface area contributed by atoms with Crippen molar-refractivity contribution in [2.45, 2.75) is 13.3 Å². The minimum Gasteiger partial charge on any atom is -0.497 e. The van der Waals surface area contributed by atoms with Crippen LogP contribution < -0.4 is 14.8 Å². The Morgan fingerprint density at radius 1 is 1.00 bits per heavy atom. The molecule has 0 radical (unpaired) electrons. The highest BCUT2D eigenvalue weighted by atomic mass is 16.5. The number of amides is 1. The van der Waals surface area contributed by atoms with Gasteiger partial charge in [0.15, 0.2) is 5.78 Å². The smallest absolute Gasteiger partial charge is 0.255 e. The molecule has 0 aliphatic heterocycles. The zero-order valence-electron chi connectivity index (χ0n) is 15.1. The van der Waals surface area contributed by atoms with Crippen LogP contribution >= 0.6 is 0 Å². The Bertz CT molecular complexity index is 899. The van der Waals surface area contributed by atoms with Crippen LogP contribution in [0, 0.1) is 0 Å². The lowest BCUT2D eigenvalue weighted by Crippen LogP contribution is -2.28. The third kappa shape index (κ3) is 2.96. The Morgan fingerprint density at radius 3 is 2.38 bits per heavy atom. The first kappa shape index (κ1) is 17.7. The molecule has 5 heteroatoms. The van der Waals surface area contributed by atoms with E-state index in [4.69, 9.17) is 9.47 Å². The molecule has 0 saturated heterocycles. The molecule has 3 rings (SSSR count). The van der Waals surface area contributed by atoms with Gasteiger partial charge in [0.25, 0.3) is 5.91 Å². The Balaban J connectivity index is 2.23. The van der Waals surface area contributed by atoms with Crippen molar-refractivity contribution in [1.82, 2.24) is 5.32 Å². The predicted octanol–water partition coefficient (Wildman–Crippen LogP) is 3.23. The summed E-state index contributed by atoms with van der Waals surface area (Å²) in [5, 5.41) is 2.82. The van der Waals surface area contributed by atoms with E-state index in [0.29, 0.717) is 34.7 Å². The van der Waals surface area contributed by atoms with Gasteiger partial charge < -0.3 is 14.8 Å². The van der Waals surface area contributed by atoms with E-state index in [1.807, 2.05) is 25.1 Å². The van der Waals surface area contributed by atoms with Crippen LogP contribution in [0.4, 0.5) is 0 Å². The maximum atomic E-state index is 12.9. The van der Waals surface area contributed by atoms with Gasteiger partial charge in [-0.2, -0.15) is 0 Å². The summed E-state index contributed by atoms with van der Waals surface area (Å²) in [6, 6.07) is 12.6. The molecule has 1 N–H and O–H groups in total.